The van der Waals surface area contributed by atoms with Gasteiger partial charge in [0.15, 0.2) is 23.0 Å². The van der Waals surface area contributed by atoms with Crippen molar-refractivity contribution in [1.82, 2.24) is 0 Å². The van der Waals surface area contributed by atoms with Crippen LogP contribution in [0.25, 0.3) is 0 Å². The summed E-state index contributed by atoms with van der Waals surface area (Å²) in [6.07, 6.45) is -1.85. The lowest BCUT2D eigenvalue weighted by molar-refractivity contribution is -0.141. The summed E-state index contributed by atoms with van der Waals surface area (Å²) in [6, 6.07) is 16.1. The fraction of sp³-hybridized carbons (Fsp3) is 0.310. The van der Waals surface area contributed by atoms with Gasteiger partial charge >= 0.3 is 12.1 Å². The molecule has 0 aromatic heterocycles. The van der Waals surface area contributed by atoms with Crippen LogP contribution >= 0.6 is 0 Å². The Labute approximate surface area is 223 Å². The number of aliphatic hydroxyl groups is 1. The highest BCUT2D eigenvalue weighted by Crippen LogP contribution is 2.55. The summed E-state index contributed by atoms with van der Waals surface area (Å²) in [5.74, 6) is -0.557. The molecule has 3 aromatic carbocycles. The Morgan fingerprint density at radius 1 is 0.949 bits per heavy atom. The predicted molar refractivity (Wildman–Crippen MR) is 134 cm³/mol. The number of carbonyl (C=O) groups excluding carboxylic acids is 2. The Kier molecular flexibility index (Phi) is 6.40. The van der Waals surface area contributed by atoms with Gasteiger partial charge in [0.05, 0.1) is 32.8 Å². The monoisotopic (exact) mass is 534 g/mol. The molecule has 3 aromatic rings. The quantitative estimate of drug-likeness (QED) is 0.365. The predicted octanol–water partition coefficient (Wildman–Crippen LogP) is 4.12. The number of esters is 1. The minimum absolute atomic E-state index is 0.0326. The van der Waals surface area contributed by atoms with Crippen LogP contribution in [0.3, 0.4) is 0 Å². The molecule has 0 radical (unpaired) electrons. The van der Waals surface area contributed by atoms with Crippen LogP contribution in [0.1, 0.15) is 34.3 Å². The fourth-order valence-corrected chi connectivity index (χ4v) is 5.54. The second-order valence-corrected chi connectivity index (χ2v) is 9.46. The van der Waals surface area contributed by atoms with Crippen LogP contribution < -0.4 is 23.7 Å². The first-order valence-electron chi connectivity index (χ1n) is 12.4. The standard InChI is InChI=1S/C29H26O10/c1-33-22-8-16(9-23(34-2)27(22)39-29(32)36-12-15-6-4-3-5-7-15)24-17-10-20-21(38-14-37-20)11-18(17)26(30)19-13-35-28(31)25(19)24/h3-11,19,24-26,30H,12-14H2,1-2H3/t19-,24+,25-,26+/m0/s1. The molecule has 0 saturated carbocycles. The molecule has 1 fully saturated rings. The second-order valence-electron chi connectivity index (χ2n) is 9.46. The van der Waals surface area contributed by atoms with Gasteiger partial charge in [-0.25, -0.2) is 4.79 Å². The highest BCUT2D eigenvalue weighted by molar-refractivity contribution is 5.79. The Morgan fingerprint density at radius 3 is 2.28 bits per heavy atom. The lowest BCUT2D eigenvalue weighted by atomic mass is 9.66. The maximum absolute atomic E-state index is 13.0. The first kappa shape index (κ1) is 24.9. The summed E-state index contributed by atoms with van der Waals surface area (Å²) in [5, 5.41) is 11.2. The highest BCUT2D eigenvalue weighted by atomic mass is 16.7. The molecule has 3 aliphatic rings. The van der Waals surface area contributed by atoms with Crippen LogP contribution in [0.15, 0.2) is 54.6 Å². The third-order valence-electron chi connectivity index (χ3n) is 7.38. The van der Waals surface area contributed by atoms with Gasteiger partial charge in [-0.05, 0) is 46.5 Å². The van der Waals surface area contributed by atoms with Crippen LogP contribution in [0, 0.1) is 11.8 Å². The Bertz CT molecular complexity index is 1390. The van der Waals surface area contributed by atoms with Crippen molar-refractivity contribution in [2.75, 3.05) is 27.6 Å². The van der Waals surface area contributed by atoms with Gasteiger partial charge in [0.2, 0.25) is 12.5 Å². The number of fused-ring (bicyclic) bond motifs is 3. The maximum atomic E-state index is 13.0. The number of hydrogen-bond donors (Lipinski definition) is 1. The smallest absolute Gasteiger partial charge is 0.493 e. The van der Waals surface area contributed by atoms with Gasteiger partial charge in [-0.2, -0.15) is 0 Å². The van der Waals surface area contributed by atoms with Crippen LogP contribution in [-0.4, -0.2) is 44.9 Å². The molecule has 39 heavy (non-hydrogen) atoms. The number of carbonyl (C=O) groups is 2. The van der Waals surface area contributed by atoms with Crippen LogP contribution in [-0.2, 0) is 20.9 Å². The van der Waals surface area contributed by atoms with Crippen molar-refractivity contribution < 1.29 is 47.9 Å². The highest BCUT2D eigenvalue weighted by Gasteiger charge is 2.52. The van der Waals surface area contributed by atoms with E-state index in [0.29, 0.717) is 28.2 Å². The summed E-state index contributed by atoms with van der Waals surface area (Å²) in [6.45, 7) is 0.199. The first-order chi connectivity index (χ1) is 19.0. The third kappa shape index (κ3) is 4.36. The van der Waals surface area contributed by atoms with Crippen molar-refractivity contribution in [2.45, 2.75) is 18.6 Å². The van der Waals surface area contributed by atoms with E-state index in [-0.39, 0.29) is 37.3 Å². The lowest BCUT2D eigenvalue weighted by Gasteiger charge is -2.37. The van der Waals surface area contributed by atoms with Crippen molar-refractivity contribution in [1.29, 1.82) is 0 Å². The zero-order valence-corrected chi connectivity index (χ0v) is 21.2. The number of hydrogen-bond acceptors (Lipinski definition) is 10. The largest absolute Gasteiger partial charge is 0.514 e. The average molecular weight is 535 g/mol. The van der Waals surface area contributed by atoms with Crippen molar-refractivity contribution in [3.8, 4) is 28.7 Å². The van der Waals surface area contributed by atoms with Gasteiger partial charge in [-0.3, -0.25) is 4.79 Å². The van der Waals surface area contributed by atoms with E-state index in [1.165, 1.54) is 14.2 Å². The van der Waals surface area contributed by atoms with Crippen LogP contribution in [0.2, 0.25) is 0 Å². The average Bonchev–Trinajstić information content (AvgIpc) is 3.58. The first-order valence-corrected chi connectivity index (χ1v) is 12.4. The normalized spacial score (nSPS) is 22.4. The third-order valence-corrected chi connectivity index (χ3v) is 7.38. The van der Waals surface area contributed by atoms with E-state index in [2.05, 4.69) is 0 Å². The molecule has 0 amide bonds. The van der Waals surface area contributed by atoms with Gasteiger partial charge in [-0.1, -0.05) is 30.3 Å². The molecule has 0 unspecified atom stereocenters. The molecular weight excluding hydrogens is 508 g/mol. The van der Waals surface area contributed by atoms with E-state index < -0.39 is 36.0 Å². The molecule has 202 valence electrons. The second kappa shape index (κ2) is 10.0. The van der Waals surface area contributed by atoms with Gasteiger partial charge < -0.3 is 38.3 Å². The number of benzene rings is 3. The molecule has 1 N–H and O–H groups in total. The summed E-state index contributed by atoms with van der Waals surface area (Å²) < 4.78 is 38.4. The van der Waals surface area contributed by atoms with Crippen molar-refractivity contribution in [3.05, 3.63) is 76.9 Å². The summed E-state index contributed by atoms with van der Waals surface area (Å²) in [5.41, 5.74) is 2.79. The molecular formula is C29H26O10. The molecule has 0 bridgehead atoms. The van der Waals surface area contributed by atoms with E-state index in [1.54, 1.807) is 24.3 Å². The van der Waals surface area contributed by atoms with Crippen LogP contribution in [0.4, 0.5) is 4.79 Å². The molecule has 0 spiro atoms. The molecule has 10 nitrogen and oxygen atoms in total. The summed E-state index contributed by atoms with van der Waals surface area (Å²) >= 11 is 0. The zero-order chi connectivity index (χ0) is 27.1. The van der Waals surface area contributed by atoms with E-state index >= 15 is 0 Å². The number of methoxy groups -OCH3 is 2. The number of cyclic esters (lactones) is 1. The molecule has 1 aliphatic carbocycles. The fourth-order valence-electron chi connectivity index (χ4n) is 5.54. The molecule has 2 aliphatic heterocycles. The molecule has 6 rings (SSSR count). The lowest BCUT2D eigenvalue weighted by Crippen LogP contribution is -2.34. The van der Waals surface area contributed by atoms with E-state index in [0.717, 1.165) is 5.56 Å². The van der Waals surface area contributed by atoms with Crippen molar-refractivity contribution >= 4 is 12.1 Å². The van der Waals surface area contributed by atoms with E-state index in [9.17, 15) is 14.7 Å². The minimum Gasteiger partial charge on any atom is -0.493 e. The minimum atomic E-state index is -0.929. The number of aliphatic hydroxyl groups excluding tert-OH is 1. The molecule has 1 saturated heterocycles. The van der Waals surface area contributed by atoms with Crippen molar-refractivity contribution in [2.24, 2.45) is 11.8 Å². The van der Waals surface area contributed by atoms with Gasteiger partial charge in [-0.15, -0.1) is 0 Å². The number of ether oxygens (including phenoxy) is 7. The number of rotatable bonds is 6. The molecule has 10 heteroatoms. The molecule has 2 heterocycles. The van der Waals surface area contributed by atoms with Gasteiger partial charge in [0, 0.05) is 11.8 Å². The zero-order valence-electron chi connectivity index (χ0n) is 21.2. The topological polar surface area (TPSA) is 119 Å². The van der Waals surface area contributed by atoms with Crippen molar-refractivity contribution in [3.63, 3.8) is 0 Å². The van der Waals surface area contributed by atoms with Crippen LogP contribution in [0.5, 0.6) is 28.7 Å². The Balaban J connectivity index is 1.37. The summed E-state index contributed by atoms with van der Waals surface area (Å²) in [4.78, 5) is 25.5. The molecule has 4 atom stereocenters. The van der Waals surface area contributed by atoms with Gasteiger partial charge in [0.1, 0.15) is 6.61 Å². The Hall–Kier alpha value is -4.44. The Morgan fingerprint density at radius 2 is 1.62 bits per heavy atom. The SMILES string of the molecule is COc1cc([C@@H]2c3cc4c(cc3[C@@H](O)[C@H]3COC(=O)[C@H]23)OCO4)cc(OC)c1OC(=O)OCc1ccccc1. The summed E-state index contributed by atoms with van der Waals surface area (Å²) in [7, 11) is 2.87. The van der Waals surface area contributed by atoms with E-state index in [1.807, 2.05) is 30.3 Å². The maximum Gasteiger partial charge on any atom is 0.514 e. The van der Waals surface area contributed by atoms with Gasteiger partial charge in [0.25, 0.3) is 0 Å². The van der Waals surface area contributed by atoms with E-state index in [4.69, 9.17) is 33.2 Å².